The number of nitro groups is 1. The zero-order valence-electron chi connectivity index (χ0n) is 16.0. The second-order valence-electron chi connectivity index (χ2n) is 7.72. The Morgan fingerprint density at radius 2 is 1.83 bits per heavy atom. The Bertz CT molecular complexity index is 1090. The van der Waals surface area contributed by atoms with Crippen LogP contribution in [0, 0.1) is 16.0 Å². The SMILES string of the molecule is O=C(O)N1CC[C@@H]2CN(S(=O)(=O)c3ccccc3[N+](=O)[O-])[C@]2(Cc2ccccc2)C1. The molecule has 0 unspecified atom stereocenters. The van der Waals surface area contributed by atoms with Gasteiger partial charge in [-0.15, -0.1) is 0 Å². The number of carboxylic acid groups (broad SMARTS) is 1. The van der Waals surface area contributed by atoms with E-state index in [-0.39, 0.29) is 23.9 Å². The van der Waals surface area contributed by atoms with Crippen molar-refractivity contribution in [2.45, 2.75) is 23.3 Å². The molecule has 0 bridgehead atoms. The van der Waals surface area contributed by atoms with Crippen LogP contribution < -0.4 is 0 Å². The van der Waals surface area contributed by atoms with Crippen molar-refractivity contribution < 1.29 is 23.2 Å². The van der Waals surface area contributed by atoms with Crippen molar-refractivity contribution in [1.82, 2.24) is 9.21 Å². The summed E-state index contributed by atoms with van der Waals surface area (Å²) in [6.45, 7) is 0.590. The van der Waals surface area contributed by atoms with Crippen LogP contribution in [0.4, 0.5) is 10.5 Å². The molecule has 2 saturated heterocycles. The predicted octanol–water partition coefficient (Wildman–Crippen LogP) is 2.58. The van der Waals surface area contributed by atoms with E-state index in [0.29, 0.717) is 19.4 Å². The number of benzene rings is 2. The van der Waals surface area contributed by atoms with E-state index in [1.165, 1.54) is 33.5 Å². The van der Waals surface area contributed by atoms with Gasteiger partial charge in [0, 0.05) is 25.7 Å². The third kappa shape index (κ3) is 3.21. The molecule has 4 rings (SSSR count). The highest BCUT2D eigenvalue weighted by atomic mass is 32.2. The number of fused-ring (bicyclic) bond motifs is 1. The molecular formula is C20H21N3O6S. The fourth-order valence-corrected chi connectivity index (χ4v) is 6.64. The van der Waals surface area contributed by atoms with Gasteiger partial charge in [0.05, 0.1) is 10.5 Å². The summed E-state index contributed by atoms with van der Waals surface area (Å²) in [6.07, 6.45) is -0.222. The Hall–Kier alpha value is -2.98. The second-order valence-corrected chi connectivity index (χ2v) is 9.55. The maximum atomic E-state index is 13.5. The molecule has 0 spiro atoms. The van der Waals surface area contributed by atoms with E-state index in [0.717, 1.165) is 5.56 Å². The van der Waals surface area contributed by atoms with Gasteiger partial charge in [-0.1, -0.05) is 42.5 Å². The van der Waals surface area contributed by atoms with Crippen LogP contribution in [0.1, 0.15) is 12.0 Å². The van der Waals surface area contributed by atoms with Crippen LogP contribution in [-0.4, -0.2) is 58.9 Å². The molecule has 1 amide bonds. The van der Waals surface area contributed by atoms with Crippen LogP contribution in [0.3, 0.4) is 0 Å². The van der Waals surface area contributed by atoms with E-state index in [1.54, 1.807) is 0 Å². The molecule has 2 atom stereocenters. The normalized spacial score (nSPS) is 24.0. The maximum absolute atomic E-state index is 13.5. The molecule has 2 aromatic rings. The van der Waals surface area contributed by atoms with Crippen molar-refractivity contribution in [2.24, 2.45) is 5.92 Å². The Morgan fingerprint density at radius 1 is 1.17 bits per heavy atom. The first-order chi connectivity index (χ1) is 14.3. The number of amides is 1. The Kier molecular flexibility index (Phi) is 4.99. The topological polar surface area (TPSA) is 121 Å². The van der Waals surface area contributed by atoms with Gasteiger partial charge in [0.25, 0.3) is 15.7 Å². The fourth-order valence-electron chi connectivity index (χ4n) is 4.62. The molecule has 0 aliphatic carbocycles. The lowest BCUT2D eigenvalue weighted by Gasteiger charge is -2.61. The molecule has 10 heteroatoms. The van der Waals surface area contributed by atoms with Crippen molar-refractivity contribution in [1.29, 1.82) is 0 Å². The molecule has 0 radical (unpaired) electrons. The molecule has 0 saturated carbocycles. The molecule has 2 heterocycles. The summed E-state index contributed by atoms with van der Waals surface area (Å²) in [5.74, 6) is -0.0224. The first-order valence-corrected chi connectivity index (χ1v) is 11.0. The highest BCUT2D eigenvalue weighted by molar-refractivity contribution is 7.89. The number of hydrogen-bond donors (Lipinski definition) is 1. The van der Waals surface area contributed by atoms with E-state index in [1.807, 2.05) is 30.3 Å². The van der Waals surface area contributed by atoms with Crippen LogP contribution in [0.15, 0.2) is 59.5 Å². The van der Waals surface area contributed by atoms with E-state index < -0.39 is 32.3 Å². The maximum Gasteiger partial charge on any atom is 0.407 e. The predicted molar refractivity (Wildman–Crippen MR) is 108 cm³/mol. The van der Waals surface area contributed by atoms with Gasteiger partial charge in [0.1, 0.15) is 0 Å². The average molecular weight is 431 g/mol. The lowest BCUT2D eigenvalue weighted by Crippen LogP contribution is -2.76. The Balaban J connectivity index is 1.79. The van der Waals surface area contributed by atoms with Gasteiger partial charge in [0.2, 0.25) is 0 Å². The van der Waals surface area contributed by atoms with Crippen LogP contribution >= 0.6 is 0 Å². The van der Waals surface area contributed by atoms with Crippen molar-refractivity contribution >= 4 is 21.8 Å². The van der Waals surface area contributed by atoms with Gasteiger partial charge in [-0.2, -0.15) is 4.31 Å². The molecule has 30 heavy (non-hydrogen) atoms. The lowest BCUT2D eigenvalue weighted by atomic mass is 9.68. The zero-order valence-corrected chi connectivity index (χ0v) is 16.9. The van der Waals surface area contributed by atoms with Gasteiger partial charge >= 0.3 is 6.09 Å². The van der Waals surface area contributed by atoms with E-state index in [2.05, 4.69) is 0 Å². The minimum absolute atomic E-state index is 0.0224. The van der Waals surface area contributed by atoms with Crippen LogP contribution in [0.2, 0.25) is 0 Å². The Labute approximate surface area is 173 Å². The number of nitrogens with zero attached hydrogens (tertiary/aromatic N) is 3. The third-order valence-corrected chi connectivity index (χ3v) is 8.10. The summed E-state index contributed by atoms with van der Waals surface area (Å²) >= 11 is 0. The van der Waals surface area contributed by atoms with Crippen LogP contribution in [-0.2, 0) is 16.4 Å². The van der Waals surface area contributed by atoms with Gasteiger partial charge in [-0.25, -0.2) is 13.2 Å². The highest BCUT2D eigenvalue weighted by Crippen LogP contribution is 2.48. The molecule has 158 valence electrons. The van der Waals surface area contributed by atoms with E-state index in [4.69, 9.17) is 0 Å². The highest BCUT2D eigenvalue weighted by Gasteiger charge is 2.61. The monoisotopic (exact) mass is 431 g/mol. The van der Waals surface area contributed by atoms with Gasteiger partial charge in [-0.3, -0.25) is 10.1 Å². The number of piperidine rings is 1. The quantitative estimate of drug-likeness (QED) is 0.574. The van der Waals surface area contributed by atoms with Gasteiger partial charge in [0.15, 0.2) is 4.90 Å². The third-order valence-electron chi connectivity index (χ3n) is 6.11. The van der Waals surface area contributed by atoms with Crippen LogP contribution in [0.25, 0.3) is 0 Å². The molecule has 9 nitrogen and oxygen atoms in total. The summed E-state index contributed by atoms with van der Waals surface area (Å²) in [5.41, 5.74) is -0.570. The van der Waals surface area contributed by atoms with Gasteiger partial charge < -0.3 is 10.0 Å². The smallest absolute Gasteiger partial charge is 0.407 e. The zero-order chi connectivity index (χ0) is 21.5. The number of carbonyl (C=O) groups is 1. The largest absolute Gasteiger partial charge is 0.465 e. The minimum Gasteiger partial charge on any atom is -0.465 e. The molecule has 2 aliphatic heterocycles. The molecule has 0 aromatic heterocycles. The molecular weight excluding hydrogens is 410 g/mol. The summed E-state index contributed by atoms with van der Waals surface area (Å²) < 4.78 is 28.3. The summed E-state index contributed by atoms with van der Waals surface area (Å²) in [6, 6.07) is 14.6. The van der Waals surface area contributed by atoms with E-state index >= 15 is 0 Å². The standard InChI is InChI=1S/C20H21N3O6S/c24-19(25)21-11-10-16-13-22(20(16,14-21)12-15-6-2-1-3-7-15)30(28,29)18-9-5-4-8-17(18)23(26)27/h1-9,16H,10-14H2,(H,24,25)/t16-,20-/m1/s1. The van der Waals surface area contributed by atoms with Crippen molar-refractivity contribution in [2.75, 3.05) is 19.6 Å². The molecule has 2 aliphatic rings. The second kappa shape index (κ2) is 7.37. The fraction of sp³-hybridized carbons (Fsp3) is 0.350. The van der Waals surface area contributed by atoms with E-state index in [9.17, 15) is 28.4 Å². The summed E-state index contributed by atoms with van der Waals surface area (Å²) in [4.78, 5) is 23.3. The number of nitro benzene ring substituents is 1. The summed E-state index contributed by atoms with van der Waals surface area (Å²) in [7, 11) is -4.20. The van der Waals surface area contributed by atoms with Crippen molar-refractivity contribution in [3.8, 4) is 0 Å². The lowest BCUT2D eigenvalue weighted by molar-refractivity contribution is -0.387. The number of sulfonamides is 1. The average Bonchev–Trinajstić information content (AvgIpc) is 2.71. The molecule has 2 fully saturated rings. The number of rotatable bonds is 5. The number of likely N-dealkylation sites (tertiary alicyclic amines) is 1. The minimum atomic E-state index is -4.20. The van der Waals surface area contributed by atoms with Crippen molar-refractivity contribution in [3.05, 3.63) is 70.3 Å². The summed E-state index contributed by atoms with van der Waals surface area (Å²) in [5, 5.41) is 21.0. The first kappa shape index (κ1) is 20.3. The van der Waals surface area contributed by atoms with Gasteiger partial charge in [-0.05, 0) is 30.4 Å². The molecule has 2 aromatic carbocycles. The Morgan fingerprint density at radius 3 is 2.50 bits per heavy atom. The number of hydrogen-bond acceptors (Lipinski definition) is 5. The van der Waals surface area contributed by atoms with Crippen LogP contribution in [0.5, 0.6) is 0 Å². The molecule has 1 N–H and O–H groups in total. The first-order valence-electron chi connectivity index (χ1n) is 9.54. The van der Waals surface area contributed by atoms with Crippen molar-refractivity contribution in [3.63, 3.8) is 0 Å². The number of para-hydroxylation sites is 1.